The molecular weight excluding hydrogens is 379 g/mol. The van der Waals surface area contributed by atoms with Crippen LogP contribution in [-0.2, 0) is 9.84 Å². The van der Waals surface area contributed by atoms with Gasteiger partial charge in [0.05, 0.1) is 23.4 Å². The third kappa shape index (κ3) is 3.59. The Labute approximate surface area is 155 Å². The zero-order chi connectivity index (χ0) is 18.9. The fraction of sp³-hybridized carbons (Fsp3) is 0.167. The molecule has 3 rings (SSSR count). The second kappa shape index (κ2) is 7.09. The molecular formula is C18H16ClFN2O3S. The van der Waals surface area contributed by atoms with E-state index in [9.17, 15) is 12.8 Å². The van der Waals surface area contributed by atoms with Crippen LogP contribution in [0.25, 0.3) is 16.9 Å². The van der Waals surface area contributed by atoms with Crippen LogP contribution in [0.15, 0.2) is 53.6 Å². The lowest BCUT2D eigenvalue weighted by molar-refractivity contribution is 0.321. The summed E-state index contributed by atoms with van der Waals surface area (Å²) in [5.74, 6) is -0.313. The molecule has 0 fully saturated rings. The summed E-state index contributed by atoms with van der Waals surface area (Å²) in [5.41, 5.74) is 1.76. The van der Waals surface area contributed by atoms with Gasteiger partial charge in [-0.25, -0.2) is 17.8 Å². The molecule has 0 saturated carbocycles. The highest BCUT2D eigenvalue weighted by molar-refractivity contribution is 7.90. The van der Waals surface area contributed by atoms with Gasteiger partial charge in [0.25, 0.3) is 0 Å². The molecule has 8 heteroatoms. The molecule has 0 N–H and O–H groups in total. The predicted molar refractivity (Wildman–Crippen MR) is 98.2 cm³/mol. The normalized spacial score (nSPS) is 11.5. The van der Waals surface area contributed by atoms with Gasteiger partial charge < -0.3 is 4.74 Å². The molecule has 0 saturated heterocycles. The van der Waals surface area contributed by atoms with Crippen molar-refractivity contribution in [3.05, 3.63) is 59.8 Å². The maximum Gasteiger partial charge on any atom is 0.207 e. The zero-order valence-electron chi connectivity index (χ0n) is 14.1. The molecule has 26 heavy (non-hydrogen) atoms. The van der Waals surface area contributed by atoms with Gasteiger partial charge in [-0.2, -0.15) is 0 Å². The summed E-state index contributed by atoms with van der Waals surface area (Å²) in [7, 11) is -3.30. The second-order valence-electron chi connectivity index (χ2n) is 5.59. The lowest BCUT2D eigenvalue weighted by Gasteiger charge is -2.11. The topological polar surface area (TPSA) is 61.2 Å². The van der Waals surface area contributed by atoms with Gasteiger partial charge in [0.2, 0.25) is 5.28 Å². The molecule has 3 aromatic rings. The van der Waals surface area contributed by atoms with E-state index in [-0.39, 0.29) is 15.9 Å². The molecule has 2 aromatic carbocycles. The largest absolute Gasteiger partial charge is 0.491 e. The number of hydrogen-bond acceptors (Lipinski definition) is 4. The first-order valence-corrected chi connectivity index (χ1v) is 10.0. The van der Waals surface area contributed by atoms with E-state index in [1.165, 1.54) is 24.4 Å². The lowest BCUT2D eigenvalue weighted by atomic mass is 10.1. The molecule has 1 aromatic heterocycles. The van der Waals surface area contributed by atoms with Crippen molar-refractivity contribution in [3.63, 3.8) is 0 Å². The van der Waals surface area contributed by atoms with Crippen molar-refractivity contribution in [3.8, 4) is 22.7 Å². The minimum Gasteiger partial charge on any atom is -0.491 e. The minimum atomic E-state index is -3.30. The van der Waals surface area contributed by atoms with Gasteiger partial charge in [-0.3, -0.25) is 4.57 Å². The van der Waals surface area contributed by atoms with Crippen molar-refractivity contribution < 1.29 is 17.5 Å². The Bertz CT molecular complexity index is 1050. The van der Waals surface area contributed by atoms with Crippen LogP contribution in [0, 0.1) is 5.82 Å². The van der Waals surface area contributed by atoms with Crippen molar-refractivity contribution >= 4 is 21.4 Å². The summed E-state index contributed by atoms with van der Waals surface area (Å²) in [6.07, 6.45) is 2.67. The van der Waals surface area contributed by atoms with Crippen molar-refractivity contribution in [1.82, 2.24) is 9.55 Å². The summed E-state index contributed by atoms with van der Waals surface area (Å²) in [6, 6.07) is 10.8. The van der Waals surface area contributed by atoms with E-state index in [0.717, 1.165) is 6.26 Å². The molecule has 0 bridgehead atoms. The maximum absolute atomic E-state index is 14.2. The zero-order valence-corrected chi connectivity index (χ0v) is 15.7. The first-order chi connectivity index (χ1) is 12.3. The van der Waals surface area contributed by atoms with Gasteiger partial charge in [-0.05, 0) is 61.0 Å². The summed E-state index contributed by atoms with van der Waals surface area (Å²) in [6.45, 7) is 2.15. The predicted octanol–water partition coefficient (Wildman–Crippen LogP) is 4.13. The molecule has 0 aliphatic rings. The van der Waals surface area contributed by atoms with Crippen LogP contribution in [0.3, 0.4) is 0 Å². The SMILES string of the molecule is CCOc1ccc(-c2cnc(Cl)n2-c2ccc(S(C)(=O)=O)cc2)cc1F. The van der Waals surface area contributed by atoms with Gasteiger partial charge in [-0.15, -0.1) is 0 Å². The number of aromatic nitrogens is 2. The van der Waals surface area contributed by atoms with Crippen molar-refractivity contribution in [2.24, 2.45) is 0 Å². The molecule has 1 heterocycles. The summed E-state index contributed by atoms with van der Waals surface area (Å²) >= 11 is 6.20. The van der Waals surface area contributed by atoms with Crippen LogP contribution in [0.4, 0.5) is 4.39 Å². The monoisotopic (exact) mass is 394 g/mol. The highest BCUT2D eigenvalue weighted by atomic mass is 35.5. The number of imidazole rings is 1. The highest BCUT2D eigenvalue weighted by Gasteiger charge is 2.15. The molecule has 0 radical (unpaired) electrons. The van der Waals surface area contributed by atoms with Crippen LogP contribution in [-0.4, -0.2) is 30.8 Å². The van der Waals surface area contributed by atoms with Gasteiger partial charge in [-0.1, -0.05) is 0 Å². The average molecular weight is 395 g/mol. The Hall–Kier alpha value is -2.38. The summed E-state index contributed by atoms with van der Waals surface area (Å²) < 4.78 is 44.2. The van der Waals surface area contributed by atoms with E-state index in [0.29, 0.717) is 23.6 Å². The number of nitrogens with zero attached hydrogens (tertiary/aromatic N) is 2. The number of sulfone groups is 1. The number of hydrogen-bond donors (Lipinski definition) is 0. The van der Waals surface area contributed by atoms with Crippen LogP contribution in [0.1, 0.15) is 6.92 Å². The van der Waals surface area contributed by atoms with E-state index in [4.69, 9.17) is 16.3 Å². The smallest absolute Gasteiger partial charge is 0.207 e. The Morgan fingerprint density at radius 2 is 1.88 bits per heavy atom. The van der Waals surface area contributed by atoms with Gasteiger partial charge in [0.1, 0.15) is 0 Å². The first-order valence-electron chi connectivity index (χ1n) is 7.77. The Balaban J connectivity index is 2.06. The Kier molecular flexibility index (Phi) is 5.02. The van der Waals surface area contributed by atoms with E-state index in [1.54, 1.807) is 35.8 Å². The summed E-state index contributed by atoms with van der Waals surface area (Å²) in [4.78, 5) is 4.29. The molecule has 0 atom stereocenters. The average Bonchev–Trinajstić information content (AvgIpc) is 2.98. The molecule has 5 nitrogen and oxygen atoms in total. The fourth-order valence-corrected chi connectivity index (χ4v) is 3.42. The van der Waals surface area contributed by atoms with Crippen LogP contribution in [0.5, 0.6) is 5.75 Å². The van der Waals surface area contributed by atoms with Crippen LogP contribution < -0.4 is 4.74 Å². The third-order valence-corrected chi connectivity index (χ3v) is 5.16. The number of benzene rings is 2. The Morgan fingerprint density at radius 1 is 1.19 bits per heavy atom. The summed E-state index contributed by atoms with van der Waals surface area (Å²) in [5, 5.41) is 0.182. The van der Waals surface area contributed by atoms with Gasteiger partial charge in [0, 0.05) is 17.5 Å². The fourth-order valence-electron chi connectivity index (χ4n) is 2.55. The third-order valence-electron chi connectivity index (χ3n) is 3.77. The Morgan fingerprint density at radius 3 is 2.46 bits per heavy atom. The lowest BCUT2D eigenvalue weighted by Crippen LogP contribution is -2.01. The van der Waals surface area contributed by atoms with Gasteiger partial charge in [0.15, 0.2) is 21.4 Å². The van der Waals surface area contributed by atoms with E-state index < -0.39 is 15.7 Å². The number of halogens is 2. The maximum atomic E-state index is 14.2. The van der Waals surface area contributed by atoms with E-state index in [1.807, 2.05) is 0 Å². The molecule has 0 aliphatic heterocycles. The molecule has 0 spiro atoms. The molecule has 136 valence electrons. The van der Waals surface area contributed by atoms with Crippen molar-refractivity contribution in [2.75, 3.05) is 12.9 Å². The number of ether oxygens (including phenoxy) is 1. The first kappa shape index (κ1) is 18.4. The number of rotatable bonds is 5. The van der Waals surface area contributed by atoms with Crippen molar-refractivity contribution in [2.45, 2.75) is 11.8 Å². The second-order valence-corrected chi connectivity index (χ2v) is 7.95. The molecule has 0 amide bonds. The minimum absolute atomic E-state index is 0.172. The molecule has 0 unspecified atom stereocenters. The quantitative estimate of drug-likeness (QED) is 0.652. The van der Waals surface area contributed by atoms with Crippen molar-refractivity contribution in [1.29, 1.82) is 0 Å². The standard InChI is InChI=1S/C18H16ClFN2O3S/c1-3-25-17-9-4-12(10-15(17)20)16-11-21-18(19)22(16)13-5-7-14(8-6-13)26(2,23)24/h4-11H,3H2,1-2H3. The highest BCUT2D eigenvalue weighted by Crippen LogP contribution is 2.30. The van der Waals surface area contributed by atoms with E-state index >= 15 is 0 Å². The van der Waals surface area contributed by atoms with Crippen LogP contribution in [0.2, 0.25) is 5.28 Å². The van der Waals surface area contributed by atoms with Gasteiger partial charge >= 0.3 is 0 Å². The molecule has 0 aliphatic carbocycles. The van der Waals surface area contributed by atoms with E-state index in [2.05, 4.69) is 4.98 Å². The van der Waals surface area contributed by atoms with Crippen LogP contribution >= 0.6 is 11.6 Å².